The van der Waals surface area contributed by atoms with Crippen molar-refractivity contribution < 1.29 is 19.7 Å². The van der Waals surface area contributed by atoms with Crippen molar-refractivity contribution in [3.63, 3.8) is 0 Å². The van der Waals surface area contributed by atoms with Crippen LogP contribution in [0.15, 0.2) is 29.5 Å². The van der Waals surface area contributed by atoms with Crippen LogP contribution in [0, 0.1) is 0 Å². The molecule has 2 N–H and O–H groups in total. The van der Waals surface area contributed by atoms with Crippen LogP contribution >= 0.6 is 0 Å². The van der Waals surface area contributed by atoms with Gasteiger partial charge in [-0.15, -0.1) is 0 Å². The van der Waals surface area contributed by atoms with Crippen LogP contribution in [0.25, 0.3) is 10.4 Å². The van der Waals surface area contributed by atoms with Gasteiger partial charge < -0.3 is 14.9 Å². The molecular formula is C11H14N4O4. The topological polar surface area (TPSA) is 119 Å². The Morgan fingerprint density at radius 3 is 3.05 bits per heavy atom. The van der Waals surface area contributed by atoms with Gasteiger partial charge in [0.25, 0.3) is 0 Å². The number of amides is 1. The number of aliphatic hydroxyl groups excluding tert-OH is 2. The molecule has 0 saturated carbocycles. The number of hydrogen-bond donors (Lipinski definition) is 2. The van der Waals surface area contributed by atoms with Gasteiger partial charge in [0.2, 0.25) is 5.91 Å². The van der Waals surface area contributed by atoms with Crippen molar-refractivity contribution in [1.82, 2.24) is 4.90 Å². The lowest BCUT2D eigenvalue weighted by atomic mass is 10.1. The molecule has 8 heteroatoms. The first-order valence-corrected chi connectivity index (χ1v) is 5.71. The Bertz CT molecular complexity index is 485. The Hall–Kier alpha value is -1.86. The summed E-state index contributed by atoms with van der Waals surface area (Å²) in [7, 11) is 0. The average Bonchev–Trinajstić information content (AvgIpc) is 2.68. The first-order chi connectivity index (χ1) is 9.01. The molecule has 2 aliphatic rings. The van der Waals surface area contributed by atoms with Crippen molar-refractivity contribution in [3.8, 4) is 0 Å². The predicted octanol–water partition coefficient (Wildman–Crippen LogP) is 0.395. The zero-order valence-electron chi connectivity index (χ0n) is 10.1. The van der Waals surface area contributed by atoms with Gasteiger partial charge in [-0.3, -0.25) is 9.69 Å². The van der Waals surface area contributed by atoms with Crippen molar-refractivity contribution in [2.24, 2.45) is 5.11 Å². The van der Waals surface area contributed by atoms with Crippen molar-refractivity contribution in [2.75, 3.05) is 6.61 Å². The van der Waals surface area contributed by atoms with Crippen molar-refractivity contribution in [3.05, 3.63) is 34.9 Å². The number of rotatable bonds is 3. The molecule has 0 spiro atoms. The van der Waals surface area contributed by atoms with E-state index < -0.39 is 24.7 Å². The summed E-state index contributed by atoms with van der Waals surface area (Å²) < 4.78 is 5.40. The van der Waals surface area contributed by atoms with E-state index in [9.17, 15) is 15.0 Å². The molecule has 2 rings (SSSR count). The van der Waals surface area contributed by atoms with Gasteiger partial charge in [-0.05, 0) is 17.2 Å². The number of hydrogen-bond acceptors (Lipinski definition) is 5. The largest absolute Gasteiger partial charge is 0.393 e. The Balaban J connectivity index is 2.22. The third-order valence-electron chi connectivity index (χ3n) is 3.08. The van der Waals surface area contributed by atoms with Crippen molar-refractivity contribution in [1.29, 1.82) is 0 Å². The van der Waals surface area contributed by atoms with Gasteiger partial charge in [0, 0.05) is 17.5 Å². The van der Waals surface area contributed by atoms with E-state index in [1.54, 1.807) is 6.08 Å². The molecule has 2 heterocycles. The normalized spacial score (nSPS) is 34.5. The molecule has 19 heavy (non-hydrogen) atoms. The van der Waals surface area contributed by atoms with Gasteiger partial charge in [-0.2, -0.15) is 0 Å². The van der Waals surface area contributed by atoms with E-state index in [2.05, 4.69) is 16.6 Å². The number of allylic oxidation sites excluding steroid dienone is 1. The van der Waals surface area contributed by atoms with E-state index in [0.717, 1.165) is 0 Å². The number of aliphatic hydroxyl groups is 2. The molecule has 0 aromatic rings. The van der Waals surface area contributed by atoms with Crippen LogP contribution in [0.2, 0.25) is 0 Å². The Morgan fingerprint density at radius 1 is 1.74 bits per heavy atom. The Morgan fingerprint density at radius 2 is 2.47 bits per heavy atom. The average molecular weight is 266 g/mol. The van der Waals surface area contributed by atoms with Crippen LogP contribution in [0.3, 0.4) is 0 Å². The minimum atomic E-state index is -1.53. The lowest BCUT2D eigenvalue weighted by Gasteiger charge is -2.30. The number of carbonyl (C=O) groups excluding carboxylic acids is 1. The molecule has 0 aromatic heterocycles. The minimum Gasteiger partial charge on any atom is -0.393 e. The molecule has 0 radical (unpaired) electrons. The van der Waals surface area contributed by atoms with Crippen LogP contribution in [0.4, 0.5) is 0 Å². The summed E-state index contributed by atoms with van der Waals surface area (Å²) in [4.78, 5) is 15.7. The fraction of sp³-hybridized carbons (Fsp3) is 0.545. The maximum Gasteiger partial charge on any atom is 0.233 e. The van der Waals surface area contributed by atoms with Crippen LogP contribution < -0.4 is 0 Å². The molecule has 102 valence electrons. The molecular weight excluding hydrogens is 252 g/mol. The van der Waals surface area contributed by atoms with Crippen molar-refractivity contribution >= 4 is 5.91 Å². The van der Waals surface area contributed by atoms with Gasteiger partial charge in [-0.25, -0.2) is 0 Å². The summed E-state index contributed by atoms with van der Waals surface area (Å²) in [5.74, 6) is -0.272. The van der Waals surface area contributed by atoms with Crippen LogP contribution in [0.1, 0.15) is 12.8 Å². The highest BCUT2D eigenvalue weighted by Gasteiger charge is 2.48. The Kier molecular flexibility index (Phi) is 3.59. The van der Waals surface area contributed by atoms with Crippen molar-refractivity contribution in [2.45, 2.75) is 30.9 Å². The summed E-state index contributed by atoms with van der Waals surface area (Å²) in [6, 6.07) is 0. The highest BCUT2D eigenvalue weighted by atomic mass is 16.6. The zero-order valence-corrected chi connectivity index (χ0v) is 10.1. The van der Waals surface area contributed by atoms with Gasteiger partial charge in [0.1, 0.15) is 6.10 Å². The second-order valence-electron chi connectivity index (χ2n) is 4.53. The lowest BCUT2D eigenvalue weighted by Crippen LogP contribution is -2.44. The molecule has 0 unspecified atom stereocenters. The van der Waals surface area contributed by atoms with Gasteiger partial charge in [0.05, 0.1) is 13.0 Å². The maximum atomic E-state index is 11.9. The van der Waals surface area contributed by atoms with Crippen LogP contribution in [0.5, 0.6) is 0 Å². The Labute approximate surface area is 109 Å². The summed E-state index contributed by atoms with van der Waals surface area (Å²) in [5, 5.41) is 22.6. The standard InChI is InChI=1S/C11H14N4O4/c1-7-2-3-15(9(18)4-7)10-8(17)5-11(6-16,19-10)13-14-12/h2-3,8,10,16-17H,1,4-6H2/t8-,10-,11+/m1/s1. The van der Waals surface area contributed by atoms with Crippen LogP contribution in [-0.2, 0) is 9.53 Å². The van der Waals surface area contributed by atoms with E-state index in [1.165, 1.54) is 11.1 Å². The minimum absolute atomic E-state index is 0.0726. The molecule has 0 bridgehead atoms. The fourth-order valence-electron chi connectivity index (χ4n) is 2.14. The van der Waals surface area contributed by atoms with E-state index in [-0.39, 0.29) is 18.7 Å². The summed E-state index contributed by atoms with van der Waals surface area (Å²) in [5.41, 5.74) is 7.61. The summed E-state index contributed by atoms with van der Waals surface area (Å²) >= 11 is 0. The number of ether oxygens (including phenoxy) is 1. The predicted molar refractivity (Wildman–Crippen MR) is 64.2 cm³/mol. The van der Waals surface area contributed by atoms with Gasteiger partial charge in [-0.1, -0.05) is 11.7 Å². The van der Waals surface area contributed by atoms with Gasteiger partial charge >= 0.3 is 0 Å². The smallest absolute Gasteiger partial charge is 0.233 e. The van der Waals surface area contributed by atoms with Gasteiger partial charge in [0.15, 0.2) is 12.0 Å². The van der Waals surface area contributed by atoms with Crippen LogP contribution in [-0.4, -0.2) is 45.7 Å². The second kappa shape index (κ2) is 5.02. The first kappa shape index (κ1) is 13.6. The summed E-state index contributed by atoms with van der Waals surface area (Å²) in [6.07, 6.45) is 1.15. The molecule has 3 atom stereocenters. The highest BCUT2D eigenvalue weighted by molar-refractivity contribution is 5.82. The number of nitrogens with zero attached hydrogens (tertiary/aromatic N) is 4. The highest BCUT2D eigenvalue weighted by Crippen LogP contribution is 2.35. The molecule has 1 amide bonds. The molecule has 1 fully saturated rings. The zero-order chi connectivity index (χ0) is 14.0. The molecule has 8 nitrogen and oxygen atoms in total. The second-order valence-corrected chi connectivity index (χ2v) is 4.53. The molecule has 0 aromatic carbocycles. The number of carbonyl (C=O) groups is 1. The van der Waals surface area contributed by atoms with E-state index in [4.69, 9.17) is 10.3 Å². The van der Waals surface area contributed by atoms with E-state index in [1.807, 2.05) is 0 Å². The molecule has 1 saturated heterocycles. The molecule has 0 aliphatic carbocycles. The first-order valence-electron chi connectivity index (χ1n) is 5.71. The number of azide groups is 1. The SMILES string of the molecule is C=C1C=CN([C@@H]2O[C@@](CO)(N=[N+]=[N-])C[C@H]2O)C(=O)C1. The fourth-order valence-corrected chi connectivity index (χ4v) is 2.14. The van der Waals surface area contributed by atoms with E-state index >= 15 is 0 Å². The molecule has 2 aliphatic heterocycles. The monoisotopic (exact) mass is 266 g/mol. The van der Waals surface area contributed by atoms with E-state index in [0.29, 0.717) is 5.57 Å². The maximum absolute atomic E-state index is 11.9. The quantitative estimate of drug-likeness (QED) is 0.436. The summed E-state index contributed by atoms with van der Waals surface area (Å²) in [6.45, 7) is 3.11. The third kappa shape index (κ3) is 2.47. The lowest BCUT2D eigenvalue weighted by molar-refractivity contribution is -0.155. The third-order valence-corrected chi connectivity index (χ3v) is 3.08.